The van der Waals surface area contributed by atoms with E-state index in [1.807, 2.05) is 19.1 Å². The van der Waals surface area contributed by atoms with Gasteiger partial charge in [-0.1, -0.05) is 18.2 Å². The van der Waals surface area contributed by atoms with E-state index >= 15 is 0 Å². The molecule has 1 amide bonds. The Bertz CT molecular complexity index is 843. The minimum atomic E-state index is -1.20. The van der Waals surface area contributed by atoms with Gasteiger partial charge in [0.15, 0.2) is 10.7 Å². The number of benzene rings is 2. The van der Waals surface area contributed by atoms with E-state index in [4.69, 9.17) is 17.0 Å². The molecule has 0 bridgehead atoms. The van der Waals surface area contributed by atoms with Gasteiger partial charge >= 0.3 is 0 Å². The van der Waals surface area contributed by atoms with Gasteiger partial charge in [-0.3, -0.25) is 9.69 Å². The third kappa shape index (κ3) is 2.81. The van der Waals surface area contributed by atoms with E-state index in [0.29, 0.717) is 28.5 Å². The first kappa shape index (κ1) is 17.8. The summed E-state index contributed by atoms with van der Waals surface area (Å²) in [5.41, 5.74) is 0.111. The number of carbonyl (C=O) groups excluding carboxylic acids is 1. The Hall–Kier alpha value is -1.99. The molecule has 1 unspecified atom stereocenters. The number of halogens is 2. The first-order valence-corrected chi connectivity index (χ1v) is 8.88. The summed E-state index contributed by atoms with van der Waals surface area (Å²) in [6.45, 7) is 2.31. The van der Waals surface area contributed by atoms with Crippen LogP contribution in [-0.4, -0.2) is 29.6 Å². The van der Waals surface area contributed by atoms with Crippen molar-refractivity contribution >= 4 is 39.2 Å². The first-order chi connectivity index (χ1) is 11.9. The topological polar surface area (TPSA) is 41.6 Å². The van der Waals surface area contributed by atoms with E-state index < -0.39 is 11.4 Å². The van der Waals surface area contributed by atoms with Gasteiger partial charge in [0.2, 0.25) is 0 Å². The van der Waals surface area contributed by atoms with E-state index in [-0.39, 0.29) is 10.4 Å². The van der Waals surface area contributed by atoms with Gasteiger partial charge in [-0.15, -0.1) is 0 Å². The molecule has 1 aliphatic heterocycles. The molecule has 1 fully saturated rings. The van der Waals surface area contributed by atoms with Crippen molar-refractivity contribution in [2.75, 3.05) is 13.7 Å². The first-order valence-electron chi connectivity index (χ1n) is 7.68. The van der Waals surface area contributed by atoms with Crippen LogP contribution in [0, 0.1) is 5.82 Å². The number of likely N-dealkylation sites (N-methyl/N-ethyl adjacent to an activating group) is 1. The number of hydrogen-bond donors (Lipinski definition) is 1. The van der Waals surface area contributed by atoms with Crippen LogP contribution in [-0.2, 0) is 10.3 Å². The predicted octanol–water partition coefficient (Wildman–Crippen LogP) is 3.58. The van der Waals surface area contributed by atoms with Gasteiger partial charge < -0.3 is 10.1 Å². The number of amides is 1. The van der Waals surface area contributed by atoms with E-state index in [2.05, 4.69) is 21.2 Å². The second kappa shape index (κ2) is 6.72. The van der Waals surface area contributed by atoms with Crippen molar-refractivity contribution < 1.29 is 13.9 Å². The number of carbonyl (C=O) groups is 1. The van der Waals surface area contributed by atoms with Crippen molar-refractivity contribution in [3.05, 3.63) is 63.9 Å². The van der Waals surface area contributed by atoms with Crippen LogP contribution in [0.3, 0.4) is 0 Å². The zero-order valence-corrected chi connectivity index (χ0v) is 16.1. The monoisotopic (exact) mass is 422 g/mol. The number of methoxy groups -OCH3 is 1. The van der Waals surface area contributed by atoms with Gasteiger partial charge in [0.1, 0.15) is 11.6 Å². The molecule has 0 saturated carbocycles. The highest BCUT2D eigenvalue weighted by Gasteiger charge is 2.51. The number of hydrogen-bond acceptors (Lipinski definition) is 3. The molecule has 1 heterocycles. The zero-order chi connectivity index (χ0) is 18.2. The fourth-order valence-electron chi connectivity index (χ4n) is 2.99. The van der Waals surface area contributed by atoms with E-state index in [1.165, 1.54) is 11.0 Å². The van der Waals surface area contributed by atoms with Gasteiger partial charge in [0.05, 0.1) is 11.6 Å². The molecule has 130 valence electrons. The van der Waals surface area contributed by atoms with Crippen molar-refractivity contribution in [3.63, 3.8) is 0 Å². The predicted molar refractivity (Wildman–Crippen MR) is 101 cm³/mol. The molecule has 1 saturated heterocycles. The molecule has 2 aromatic rings. The Morgan fingerprint density at radius 1 is 1.24 bits per heavy atom. The fraction of sp³-hybridized carbons (Fsp3) is 0.222. The largest absolute Gasteiger partial charge is 0.497 e. The average molecular weight is 423 g/mol. The third-order valence-electron chi connectivity index (χ3n) is 4.30. The molecule has 0 radical (unpaired) electrons. The van der Waals surface area contributed by atoms with E-state index in [0.717, 1.165) is 0 Å². The Morgan fingerprint density at radius 2 is 1.88 bits per heavy atom. The molecule has 4 nitrogen and oxygen atoms in total. The summed E-state index contributed by atoms with van der Waals surface area (Å²) in [5.74, 6) is 0.0947. The lowest BCUT2D eigenvalue weighted by Crippen LogP contribution is -2.45. The van der Waals surface area contributed by atoms with Crippen LogP contribution in [0.4, 0.5) is 4.39 Å². The molecule has 1 N–H and O–H groups in total. The van der Waals surface area contributed by atoms with Crippen molar-refractivity contribution in [2.45, 2.75) is 12.5 Å². The Balaban J connectivity index is 2.23. The molecule has 7 heteroatoms. The molecule has 1 aliphatic rings. The molecule has 25 heavy (non-hydrogen) atoms. The van der Waals surface area contributed by atoms with Crippen molar-refractivity contribution in [1.82, 2.24) is 10.2 Å². The summed E-state index contributed by atoms with van der Waals surface area (Å²) < 4.78 is 19.2. The van der Waals surface area contributed by atoms with Gasteiger partial charge in [0, 0.05) is 6.54 Å². The van der Waals surface area contributed by atoms with E-state index in [1.54, 1.807) is 31.4 Å². The quantitative estimate of drug-likeness (QED) is 0.764. The van der Waals surface area contributed by atoms with Gasteiger partial charge in [-0.2, -0.15) is 0 Å². The highest BCUT2D eigenvalue weighted by molar-refractivity contribution is 9.10. The fourth-order valence-corrected chi connectivity index (χ4v) is 3.74. The van der Waals surface area contributed by atoms with Crippen LogP contribution in [0.1, 0.15) is 18.1 Å². The molecule has 0 aromatic heterocycles. The highest BCUT2D eigenvalue weighted by atomic mass is 79.9. The Kier molecular flexibility index (Phi) is 4.79. The lowest BCUT2D eigenvalue weighted by atomic mass is 9.82. The summed E-state index contributed by atoms with van der Waals surface area (Å²) >= 11 is 8.56. The van der Waals surface area contributed by atoms with Gasteiger partial charge in [0.25, 0.3) is 5.91 Å². The molecule has 0 aliphatic carbocycles. The molecular weight excluding hydrogens is 407 g/mol. The third-order valence-corrected chi connectivity index (χ3v) is 5.23. The summed E-state index contributed by atoms with van der Waals surface area (Å²) in [4.78, 5) is 14.8. The SMILES string of the molecule is CCN1C(=O)C(c2ccc(OC)cc2)(c2ccc(F)c(Br)c2)NC1=S. The average Bonchev–Trinajstić information content (AvgIpc) is 2.88. The number of ether oxygens (including phenoxy) is 1. The van der Waals surface area contributed by atoms with Crippen molar-refractivity contribution in [1.29, 1.82) is 0 Å². The maximum atomic E-state index is 13.7. The maximum Gasteiger partial charge on any atom is 0.263 e. The Labute approximate surface area is 159 Å². The van der Waals surface area contributed by atoms with Crippen LogP contribution in [0.25, 0.3) is 0 Å². The van der Waals surface area contributed by atoms with Crippen LogP contribution in [0.5, 0.6) is 5.75 Å². The smallest absolute Gasteiger partial charge is 0.263 e. The lowest BCUT2D eigenvalue weighted by Gasteiger charge is -2.28. The molecule has 3 rings (SSSR count). The maximum absolute atomic E-state index is 13.7. The number of thiocarbonyl (C=S) groups is 1. The Morgan fingerprint density at radius 3 is 2.40 bits per heavy atom. The number of nitrogens with zero attached hydrogens (tertiary/aromatic N) is 1. The van der Waals surface area contributed by atoms with Gasteiger partial charge in [-0.05, 0) is 70.5 Å². The second-order valence-corrected chi connectivity index (χ2v) is 6.83. The minimum absolute atomic E-state index is 0.191. The van der Waals surface area contributed by atoms with Crippen molar-refractivity contribution in [2.24, 2.45) is 0 Å². The van der Waals surface area contributed by atoms with Gasteiger partial charge in [-0.25, -0.2) is 4.39 Å². The molecule has 1 atom stereocenters. The summed E-state index contributed by atoms with van der Waals surface area (Å²) in [6, 6.07) is 11.7. The minimum Gasteiger partial charge on any atom is -0.497 e. The zero-order valence-electron chi connectivity index (χ0n) is 13.7. The molecule has 0 spiro atoms. The standard InChI is InChI=1S/C18H16BrFN2O2S/c1-3-22-16(23)18(21-17(22)25,11-4-7-13(24-2)8-5-11)12-6-9-15(20)14(19)10-12/h4-10H,3H2,1-2H3,(H,21,25). The van der Waals surface area contributed by atoms with Crippen LogP contribution < -0.4 is 10.1 Å². The summed E-state index contributed by atoms with van der Waals surface area (Å²) in [5, 5.41) is 3.51. The summed E-state index contributed by atoms with van der Waals surface area (Å²) in [6.07, 6.45) is 0. The normalized spacial score (nSPS) is 19.9. The van der Waals surface area contributed by atoms with Crippen LogP contribution in [0.2, 0.25) is 0 Å². The number of rotatable bonds is 4. The van der Waals surface area contributed by atoms with Crippen LogP contribution >= 0.6 is 28.1 Å². The van der Waals surface area contributed by atoms with Crippen LogP contribution in [0.15, 0.2) is 46.9 Å². The molecular formula is C18H16BrFN2O2S. The lowest BCUT2D eigenvalue weighted by molar-refractivity contribution is -0.129. The number of nitrogens with one attached hydrogen (secondary N) is 1. The van der Waals surface area contributed by atoms with E-state index in [9.17, 15) is 9.18 Å². The highest BCUT2D eigenvalue weighted by Crippen LogP contribution is 2.38. The molecule has 2 aromatic carbocycles. The van der Waals surface area contributed by atoms with Crippen molar-refractivity contribution in [3.8, 4) is 5.75 Å². The summed E-state index contributed by atoms with van der Waals surface area (Å²) in [7, 11) is 1.58. The second-order valence-electron chi connectivity index (χ2n) is 5.59.